The summed E-state index contributed by atoms with van der Waals surface area (Å²) >= 11 is 0. The van der Waals surface area contributed by atoms with Crippen molar-refractivity contribution in [2.45, 2.75) is 24.5 Å². The lowest BCUT2D eigenvalue weighted by Crippen LogP contribution is -2.39. The predicted molar refractivity (Wildman–Crippen MR) is 65.7 cm³/mol. The van der Waals surface area contributed by atoms with Crippen molar-refractivity contribution in [3.8, 4) is 0 Å². The minimum atomic E-state index is -4.20. The number of carbonyl (C=O) groups excluding carboxylic acids is 1. The lowest BCUT2D eigenvalue weighted by atomic mass is 10.1. The molecule has 21 heavy (non-hydrogen) atoms. The number of ether oxygens (including phenoxy) is 1. The van der Waals surface area contributed by atoms with Crippen LogP contribution in [0.5, 0.6) is 0 Å². The number of aliphatic hydroxyl groups is 1. The van der Waals surface area contributed by atoms with Crippen LogP contribution >= 0.6 is 7.82 Å². The first-order valence-corrected chi connectivity index (χ1v) is 7.41. The van der Waals surface area contributed by atoms with E-state index in [4.69, 9.17) is 20.7 Å². The molecule has 0 saturated carbocycles. The molecule has 116 valence electrons. The van der Waals surface area contributed by atoms with Gasteiger partial charge in [0.15, 0.2) is 11.9 Å². The predicted octanol–water partition coefficient (Wildman–Crippen LogP) is -1.66. The molecule has 2 aliphatic heterocycles. The molecule has 3 rings (SSSR count). The third-order valence-corrected chi connectivity index (χ3v) is 4.29. The molecular formula is C9H13N4O7P. The first-order chi connectivity index (χ1) is 9.80. The number of primary amides is 1. The minimum Gasteiger partial charge on any atom is -0.386 e. The number of hydrogen-bond donors (Lipinski definition) is 4. The van der Waals surface area contributed by atoms with E-state index >= 15 is 0 Å². The Kier molecular flexibility index (Phi) is 3.28. The first kappa shape index (κ1) is 14.4. The van der Waals surface area contributed by atoms with Gasteiger partial charge < -0.3 is 26.2 Å². The number of fused-ring (bicyclic) bond motifs is 1. The molecule has 6 N–H and O–H groups in total. The van der Waals surface area contributed by atoms with Crippen LogP contribution in [0.25, 0.3) is 0 Å². The van der Waals surface area contributed by atoms with Crippen molar-refractivity contribution in [2.24, 2.45) is 5.73 Å². The second-order valence-electron chi connectivity index (χ2n) is 4.64. The van der Waals surface area contributed by atoms with Gasteiger partial charge in [0.1, 0.15) is 24.1 Å². The molecule has 0 bridgehead atoms. The molecular weight excluding hydrogens is 307 g/mol. The van der Waals surface area contributed by atoms with Crippen molar-refractivity contribution in [2.75, 3.05) is 12.3 Å². The van der Waals surface area contributed by atoms with Gasteiger partial charge >= 0.3 is 7.82 Å². The number of phosphoric ester groups is 1. The highest BCUT2D eigenvalue weighted by atomic mass is 31.2. The molecule has 0 aliphatic carbocycles. The van der Waals surface area contributed by atoms with Crippen LogP contribution in [0.1, 0.15) is 16.7 Å². The number of carbonyl (C=O) groups is 1. The third kappa shape index (κ3) is 2.33. The molecule has 0 spiro atoms. The summed E-state index contributed by atoms with van der Waals surface area (Å²) in [6, 6.07) is 0. The highest BCUT2D eigenvalue weighted by Gasteiger charge is 2.52. The van der Waals surface area contributed by atoms with Crippen molar-refractivity contribution < 1.29 is 33.1 Å². The topological polar surface area (TPSA) is 172 Å². The van der Waals surface area contributed by atoms with Crippen molar-refractivity contribution >= 4 is 19.5 Å². The summed E-state index contributed by atoms with van der Waals surface area (Å²) in [4.78, 5) is 24.1. The number of nitrogens with two attached hydrogens (primary N) is 2. The van der Waals surface area contributed by atoms with E-state index in [0.29, 0.717) is 0 Å². The Bertz CT molecular complexity index is 634. The van der Waals surface area contributed by atoms with Crippen LogP contribution in [0.2, 0.25) is 0 Å². The van der Waals surface area contributed by atoms with Gasteiger partial charge in [0.25, 0.3) is 5.91 Å². The summed E-state index contributed by atoms with van der Waals surface area (Å²) in [7, 11) is -4.20. The number of hydrogen-bond acceptors (Lipinski definition) is 8. The lowest BCUT2D eigenvalue weighted by Gasteiger charge is -2.27. The van der Waals surface area contributed by atoms with Gasteiger partial charge in [-0.1, -0.05) is 0 Å². The molecule has 12 heteroatoms. The summed E-state index contributed by atoms with van der Waals surface area (Å²) in [5, 5.41) is 10.2. The van der Waals surface area contributed by atoms with E-state index in [2.05, 4.69) is 9.51 Å². The summed E-state index contributed by atoms with van der Waals surface area (Å²) < 4.78 is 27.5. The maximum Gasteiger partial charge on any atom is 0.472 e. The number of imidazole rings is 1. The molecule has 1 aromatic rings. The molecule has 1 unspecified atom stereocenters. The largest absolute Gasteiger partial charge is 0.472 e. The van der Waals surface area contributed by atoms with Crippen LogP contribution in [-0.4, -0.2) is 50.4 Å². The second-order valence-corrected chi connectivity index (χ2v) is 6.05. The Hall–Kier alpha value is -1.49. The van der Waals surface area contributed by atoms with Gasteiger partial charge in [0, 0.05) is 0 Å². The Labute approximate surface area is 118 Å². The normalized spacial score (nSPS) is 39.1. The van der Waals surface area contributed by atoms with Crippen LogP contribution in [0.15, 0.2) is 6.33 Å². The average molecular weight is 320 g/mol. The number of nitrogen functional groups attached to an aromatic ring is 1. The van der Waals surface area contributed by atoms with Gasteiger partial charge in [0.05, 0.1) is 12.9 Å². The van der Waals surface area contributed by atoms with Crippen LogP contribution in [-0.2, 0) is 18.3 Å². The monoisotopic (exact) mass is 320 g/mol. The smallest absolute Gasteiger partial charge is 0.386 e. The zero-order valence-corrected chi connectivity index (χ0v) is 11.4. The Morgan fingerprint density at radius 3 is 2.90 bits per heavy atom. The SMILES string of the molecule is NC(=O)c1ncn([C@@H]2O[C@@H]3COP(=O)(O)O[C@H]3[C@@H]2O)c1N. The van der Waals surface area contributed by atoms with Crippen LogP contribution in [0, 0.1) is 0 Å². The molecule has 1 aromatic heterocycles. The van der Waals surface area contributed by atoms with Crippen LogP contribution < -0.4 is 11.5 Å². The molecule has 11 nitrogen and oxygen atoms in total. The molecule has 0 aromatic carbocycles. The van der Waals surface area contributed by atoms with E-state index in [-0.39, 0.29) is 18.1 Å². The Morgan fingerprint density at radius 2 is 2.29 bits per heavy atom. The van der Waals surface area contributed by atoms with E-state index in [1.165, 1.54) is 10.9 Å². The fourth-order valence-corrected chi connectivity index (χ4v) is 3.29. The standard InChI is InChI=1S/C9H13N4O7P/c10-7-4(8(11)15)12-2-13(7)9-5(14)6-3(19-9)1-18-21(16,17)20-6/h2-3,5-6,9,14H,1,10H2,(H2,11,15)(H,16,17)/t3-,5+,6-,9-/m1/s1. The Balaban J connectivity index is 1.88. The second kappa shape index (κ2) is 4.77. The molecule has 5 atom stereocenters. The fraction of sp³-hybridized carbons (Fsp3) is 0.556. The number of anilines is 1. The highest BCUT2D eigenvalue weighted by Crippen LogP contribution is 2.52. The van der Waals surface area contributed by atoms with Crippen molar-refractivity contribution in [1.82, 2.24) is 9.55 Å². The maximum absolute atomic E-state index is 11.4. The zero-order valence-electron chi connectivity index (χ0n) is 10.5. The van der Waals surface area contributed by atoms with Crippen molar-refractivity contribution in [3.63, 3.8) is 0 Å². The molecule has 2 fully saturated rings. The average Bonchev–Trinajstić information content (AvgIpc) is 2.90. The van der Waals surface area contributed by atoms with Gasteiger partial charge in [0.2, 0.25) is 0 Å². The van der Waals surface area contributed by atoms with E-state index < -0.39 is 38.3 Å². The van der Waals surface area contributed by atoms with Crippen LogP contribution in [0.3, 0.4) is 0 Å². The third-order valence-electron chi connectivity index (χ3n) is 3.31. The number of nitrogens with zero attached hydrogens (tertiary/aromatic N) is 2. The number of rotatable bonds is 2. The van der Waals surface area contributed by atoms with Gasteiger partial charge in [-0.25, -0.2) is 9.55 Å². The number of aliphatic hydroxyl groups excluding tert-OH is 1. The minimum absolute atomic E-state index is 0.0849. The lowest BCUT2D eigenvalue weighted by molar-refractivity contribution is -0.0668. The quantitative estimate of drug-likeness (QED) is 0.465. The molecule has 2 aliphatic rings. The van der Waals surface area contributed by atoms with Gasteiger partial charge in [-0.3, -0.25) is 18.4 Å². The highest BCUT2D eigenvalue weighted by molar-refractivity contribution is 7.47. The molecule has 2 saturated heterocycles. The van der Waals surface area contributed by atoms with E-state index in [1.807, 2.05) is 0 Å². The molecule has 0 radical (unpaired) electrons. The number of amides is 1. The van der Waals surface area contributed by atoms with Gasteiger partial charge in [-0.15, -0.1) is 0 Å². The molecule has 1 amide bonds. The van der Waals surface area contributed by atoms with Crippen molar-refractivity contribution in [1.29, 1.82) is 0 Å². The van der Waals surface area contributed by atoms with E-state index in [0.717, 1.165) is 0 Å². The summed E-state index contributed by atoms with van der Waals surface area (Å²) in [6.07, 6.45) is -2.96. The van der Waals surface area contributed by atoms with E-state index in [9.17, 15) is 19.4 Å². The van der Waals surface area contributed by atoms with Crippen LogP contribution in [0.4, 0.5) is 5.82 Å². The van der Waals surface area contributed by atoms with Crippen molar-refractivity contribution in [3.05, 3.63) is 12.0 Å². The number of phosphoric acid groups is 1. The number of aromatic nitrogens is 2. The Morgan fingerprint density at radius 1 is 1.57 bits per heavy atom. The molecule has 3 heterocycles. The maximum atomic E-state index is 11.4. The fourth-order valence-electron chi connectivity index (χ4n) is 2.33. The van der Waals surface area contributed by atoms with Gasteiger partial charge in [-0.05, 0) is 0 Å². The zero-order chi connectivity index (χ0) is 15.4. The van der Waals surface area contributed by atoms with Gasteiger partial charge in [-0.2, -0.15) is 0 Å². The summed E-state index contributed by atoms with van der Waals surface area (Å²) in [5.74, 6) is -0.908. The first-order valence-electron chi connectivity index (χ1n) is 5.91. The summed E-state index contributed by atoms with van der Waals surface area (Å²) in [6.45, 7) is -0.219. The van der Waals surface area contributed by atoms with E-state index in [1.54, 1.807) is 0 Å². The summed E-state index contributed by atoms with van der Waals surface area (Å²) in [5.41, 5.74) is 10.7.